The van der Waals surface area contributed by atoms with Crippen LogP contribution in [0.4, 0.5) is 5.69 Å². The molecule has 2 aliphatic rings. The molecule has 1 spiro atoms. The first kappa shape index (κ1) is 18.9. The summed E-state index contributed by atoms with van der Waals surface area (Å²) in [7, 11) is 0. The Morgan fingerprint density at radius 2 is 1.77 bits per heavy atom. The van der Waals surface area contributed by atoms with E-state index in [1.165, 1.54) is 18.2 Å². The highest BCUT2D eigenvalue weighted by Gasteiger charge is 2.54. The number of phenolic OH excluding ortho intramolecular Hbond substituents is 2. The average molecular weight is 458 g/mol. The number of carbonyl (C=O) groups is 1. The van der Waals surface area contributed by atoms with Crippen LogP contribution in [0.5, 0.6) is 23.0 Å². The summed E-state index contributed by atoms with van der Waals surface area (Å²) in [4.78, 5) is 16.7. The lowest BCUT2D eigenvalue weighted by Crippen LogP contribution is -2.33. The monoisotopic (exact) mass is 457 g/mol. The van der Waals surface area contributed by atoms with Crippen LogP contribution >= 0.6 is 35.4 Å². The molecule has 2 heterocycles. The second-order valence-corrected chi connectivity index (χ2v) is 7.65. The van der Waals surface area contributed by atoms with E-state index >= 15 is 0 Å². The molecule has 30 heavy (non-hydrogen) atoms. The van der Waals surface area contributed by atoms with Gasteiger partial charge < -0.3 is 19.7 Å². The second-order valence-electron chi connectivity index (χ2n) is 6.65. The molecule has 0 aromatic heterocycles. The number of halogens is 2. The molecule has 1 atom stereocenters. The largest absolute Gasteiger partial charge is 0.506 e. The van der Waals surface area contributed by atoms with E-state index in [4.69, 9.17) is 44.9 Å². The minimum absolute atomic E-state index is 0.0441. The van der Waals surface area contributed by atoms with Crippen molar-refractivity contribution in [1.82, 2.24) is 0 Å². The van der Waals surface area contributed by atoms with Crippen LogP contribution in [0.3, 0.4) is 0 Å². The number of aliphatic imine (C=N–C) groups is 1. The molecule has 3 aromatic rings. The number of ether oxygens (including phenoxy) is 2. The minimum atomic E-state index is -1.49. The molecule has 148 valence electrons. The number of hydrogen-bond acceptors (Lipinski definition) is 7. The molecule has 1 unspecified atom stereocenters. The molecule has 5 rings (SSSR count). The third-order valence-corrected chi connectivity index (χ3v) is 5.81. The summed E-state index contributed by atoms with van der Waals surface area (Å²) in [5.41, 5.74) is 0.0207. The Morgan fingerprint density at radius 1 is 1.03 bits per heavy atom. The number of carbonyl (C=O) groups excluding carboxylic acids is 1. The summed E-state index contributed by atoms with van der Waals surface area (Å²) < 4.78 is 11.9. The normalized spacial score (nSPS) is 18.0. The van der Waals surface area contributed by atoms with Crippen molar-refractivity contribution in [3.8, 4) is 23.0 Å². The lowest BCUT2D eigenvalue weighted by molar-refractivity contribution is 0.0224. The smallest absolute Gasteiger partial charge is 0.340 e. The van der Waals surface area contributed by atoms with E-state index < -0.39 is 11.6 Å². The number of aromatic hydroxyl groups is 2. The van der Waals surface area contributed by atoms with Gasteiger partial charge in [0.15, 0.2) is 22.8 Å². The van der Waals surface area contributed by atoms with Crippen molar-refractivity contribution in [1.29, 1.82) is 0 Å². The highest BCUT2D eigenvalue weighted by Crippen LogP contribution is 2.61. The van der Waals surface area contributed by atoms with Gasteiger partial charge in [-0.15, -0.1) is 0 Å². The molecule has 9 heteroatoms. The fourth-order valence-corrected chi connectivity index (χ4v) is 4.35. The number of hydrogen-bond donors (Lipinski definition) is 2. The highest BCUT2D eigenvalue weighted by molar-refractivity contribution is 7.78. The fourth-order valence-electron chi connectivity index (χ4n) is 3.90. The first-order chi connectivity index (χ1) is 14.4. The maximum absolute atomic E-state index is 12.8. The molecule has 0 aliphatic carbocycles. The predicted octanol–water partition coefficient (Wildman–Crippen LogP) is 5.71. The third-order valence-electron chi connectivity index (χ3n) is 5.13. The number of nitrogens with zero attached hydrogens (tertiary/aromatic N) is 1. The predicted molar refractivity (Wildman–Crippen MR) is 113 cm³/mol. The Hall–Kier alpha value is -3.09. The van der Waals surface area contributed by atoms with Gasteiger partial charge >= 0.3 is 5.97 Å². The van der Waals surface area contributed by atoms with E-state index in [2.05, 4.69) is 10.2 Å². The summed E-state index contributed by atoms with van der Waals surface area (Å²) in [5, 5.41) is 22.8. The molecule has 0 saturated carbocycles. The van der Waals surface area contributed by atoms with E-state index in [0.717, 1.165) is 0 Å². The zero-order valence-electron chi connectivity index (χ0n) is 14.8. The Bertz CT molecular complexity index is 1340. The molecule has 0 saturated heterocycles. The van der Waals surface area contributed by atoms with Gasteiger partial charge in [-0.25, -0.2) is 4.79 Å². The maximum atomic E-state index is 12.8. The lowest BCUT2D eigenvalue weighted by atomic mass is 9.77. The number of phenols is 2. The van der Waals surface area contributed by atoms with Crippen LogP contribution in [0.1, 0.15) is 27.0 Å². The van der Waals surface area contributed by atoms with Crippen LogP contribution in [0.15, 0.2) is 47.5 Å². The number of rotatable bonds is 1. The Kier molecular flexibility index (Phi) is 4.07. The zero-order valence-corrected chi connectivity index (χ0v) is 17.1. The number of thiocarbonyl (C=S) groups is 1. The van der Waals surface area contributed by atoms with Gasteiger partial charge in [0, 0.05) is 17.2 Å². The van der Waals surface area contributed by atoms with Crippen LogP contribution in [0, 0.1) is 0 Å². The van der Waals surface area contributed by atoms with E-state index in [9.17, 15) is 15.0 Å². The first-order valence-electron chi connectivity index (χ1n) is 8.56. The third kappa shape index (κ3) is 2.35. The molecule has 0 bridgehead atoms. The van der Waals surface area contributed by atoms with Crippen LogP contribution in [-0.2, 0) is 10.3 Å². The molecule has 0 amide bonds. The molecule has 2 N–H and O–H groups in total. The summed E-state index contributed by atoms with van der Waals surface area (Å²) in [6, 6.07) is 11.1. The first-order valence-corrected chi connectivity index (χ1v) is 9.72. The van der Waals surface area contributed by atoms with Gasteiger partial charge in [-0.1, -0.05) is 41.4 Å². The lowest BCUT2D eigenvalue weighted by Gasteiger charge is -2.37. The summed E-state index contributed by atoms with van der Waals surface area (Å²) in [5.74, 6) is -0.936. The molecule has 0 fully saturated rings. The van der Waals surface area contributed by atoms with Gasteiger partial charge in [-0.3, -0.25) is 0 Å². The number of fused-ring (bicyclic) bond motifs is 6. The quantitative estimate of drug-likeness (QED) is 0.276. The number of isothiocyanates is 1. The highest BCUT2D eigenvalue weighted by atomic mass is 35.5. The van der Waals surface area contributed by atoms with Gasteiger partial charge in [0.1, 0.15) is 11.5 Å². The van der Waals surface area contributed by atoms with Crippen LogP contribution < -0.4 is 4.74 Å². The average Bonchev–Trinajstić information content (AvgIpc) is 3.02. The van der Waals surface area contributed by atoms with Gasteiger partial charge in [0.2, 0.25) is 0 Å². The summed E-state index contributed by atoms with van der Waals surface area (Å²) >= 11 is 17.1. The topological polar surface area (TPSA) is 88.4 Å². The van der Waals surface area contributed by atoms with Crippen molar-refractivity contribution in [2.45, 2.75) is 5.60 Å². The van der Waals surface area contributed by atoms with Crippen LogP contribution in [0.25, 0.3) is 0 Å². The number of benzene rings is 3. The molecule has 2 aliphatic heterocycles. The SMILES string of the molecule is O=C1OC2(c3cc(Cl)c(O)cc3Oc3c2cc(Cl)c(O)c3N=C=S)c2ccccc21. The minimum Gasteiger partial charge on any atom is -0.506 e. The van der Waals surface area contributed by atoms with E-state index in [0.29, 0.717) is 22.3 Å². The molecule has 3 aromatic carbocycles. The standard InChI is InChI=1S/C21H9Cl2NO5S/c22-13-5-11-16(7-15(13)25)28-19-12(6-14(23)18(26)17(19)24-8-30)21(11)10-4-2-1-3-9(10)20(27)29-21/h1-7,25-26H. The zero-order chi connectivity index (χ0) is 21.2. The Balaban J connectivity index is 1.98. The van der Waals surface area contributed by atoms with Gasteiger partial charge in [0.05, 0.1) is 26.3 Å². The van der Waals surface area contributed by atoms with Gasteiger partial charge in [0.25, 0.3) is 0 Å². The van der Waals surface area contributed by atoms with E-state index in [1.807, 2.05) is 0 Å². The Labute approximate surface area is 184 Å². The maximum Gasteiger partial charge on any atom is 0.340 e. The van der Waals surface area contributed by atoms with Gasteiger partial charge in [-0.2, -0.15) is 4.99 Å². The van der Waals surface area contributed by atoms with Crippen molar-refractivity contribution in [2.75, 3.05) is 0 Å². The second kappa shape index (κ2) is 6.45. The van der Waals surface area contributed by atoms with Crippen molar-refractivity contribution in [2.24, 2.45) is 4.99 Å². The van der Waals surface area contributed by atoms with E-state index in [-0.39, 0.29) is 38.7 Å². The van der Waals surface area contributed by atoms with E-state index in [1.54, 1.807) is 24.3 Å². The van der Waals surface area contributed by atoms with Crippen LogP contribution in [-0.4, -0.2) is 21.3 Å². The summed E-state index contributed by atoms with van der Waals surface area (Å²) in [6.07, 6.45) is 0. The van der Waals surface area contributed by atoms with Crippen molar-refractivity contribution in [3.63, 3.8) is 0 Å². The summed E-state index contributed by atoms with van der Waals surface area (Å²) in [6.45, 7) is 0. The van der Waals surface area contributed by atoms with Gasteiger partial charge in [-0.05, 0) is 30.4 Å². The Morgan fingerprint density at radius 3 is 2.53 bits per heavy atom. The van der Waals surface area contributed by atoms with Crippen LogP contribution in [0.2, 0.25) is 10.0 Å². The number of esters is 1. The molecular weight excluding hydrogens is 449 g/mol. The molecule has 0 radical (unpaired) electrons. The van der Waals surface area contributed by atoms with Crippen molar-refractivity contribution < 1.29 is 24.5 Å². The van der Waals surface area contributed by atoms with Crippen molar-refractivity contribution in [3.05, 3.63) is 74.8 Å². The molecular formula is C21H9Cl2NO5S. The van der Waals surface area contributed by atoms with Crippen molar-refractivity contribution >= 4 is 52.2 Å². The fraction of sp³-hybridized carbons (Fsp3) is 0.0476. The molecule has 6 nitrogen and oxygen atoms in total.